The summed E-state index contributed by atoms with van der Waals surface area (Å²) in [6.45, 7) is 5.59. The van der Waals surface area contributed by atoms with E-state index in [0.29, 0.717) is 29.8 Å². The van der Waals surface area contributed by atoms with Crippen LogP contribution in [0.4, 0.5) is 0 Å². The number of carbonyl (C=O) groups is 1. The molecule has 1 aliphatic heterocycles. The highest BCUT2D eigenvalue weighted by atomic mass is 16.2. The maximum atomic E-state index is 13.1. The molecule has 25 heavy (non-hydrogen) atoms. The van der Waals surface area contributed by atoms with Crippen LogP contribution >= 0.6 is 0 Å². The highest BCUT2D eigenvalue weighted by Gasteiger charge is 2.43. The molecule has 1 saturated heterocycles. The average Bonchev–Trinajstić information content (AvgIpc) is 3.21. The number of amides is 1. The zero-order chi connectivity index (χ0) is 17.8. The first kappa shape index (κ1) is 15.6. The Bertz CT molecular complexity index is 1010. The summed E-state index contributed by atoms with van der Waals surface area (Å²) in [4.78, 5) is 35.8. The van der Waals surface area contributed by atoms with Gasteiger partial charge in [0.15, 0.2) is 5.65 Å². The van der Waals surface area contributed by atoms with Gasteiger partial charge in [0, 0.05) is 38.4 Å². The predicted octanol–water partition coefficient (Wildman–Crippen LogP) is 1.25. The maximum Gasteiger partial charge on any atom is 0.325 e. The molecule has 0 saturated carbocycles. The third-order valence-corrected chi connectivity index (χ3v) is 5.01. The van der Waals surface area contributed by atoms with E-state index in [1.165, 1.54) is 0 Å². The molecule has 4 heterocycles. The molecule has 3 aromatic heterocycles. The molecule has 1 aliphatic rings. The minimum Gasteiger partial charge on any atom is -0.337 e. The van der Waals surface area contributed by atoms with Gasteiger partial charge in [0.1, 0.15) is 0 Å². The quantitative estimate of drug-likeness (QED) is 0.733. The number of hydrogen-bond acceptors (Lipinski definition) is 4. The molecule has 0 radical (unpaired) electrons. The summed E-state index contributed by atoms with van der Waals surface area (Å²) in [5.74, 6) is 0.120. The van der Waals surface area contributed by atoms with E-state index in [-0.39, 0.29) is 22.9 Å². The number of hydrogen-bond donors (Lipinski definition) is 2. The lowest BCUT2D eigenvalue weighted by molar-refractivity contribution is 0.0779. The molecule has 130 valence electrons. The molecular formula is C17H20N6O2. The van der Waals surface area contributed by atoms with E-state index in [4.69, 9.17) is 0 Å². The van der Waals surface area contributed by atoms with Crippen LogP contribution in [0, 0.1) is 5.41 Å². The zero-order valence-electron chi connectivity index (χ0n) is 14.4. The molecule has 3 aromatic rings. The molecule has 0 aromatic carbocycles. The molecule has 8 heteroatoms. The smallest absolute Gasteiger partial charge is 0.325 e. The third-order valence-electron chi connectivity index (χ3n) is 5.01. The standard InChI is InChI=1S/C17H20N6O2/c1-17(2)9-23(8-12(17)10-6-19-22(3)7-10)15(24)11-4-5-18-14-13(11)20-16(25)21-14/h4-7,12H,8-9H2,1-3H3,(H2,18,20,21,25). The van der Waals surface area contributed by atoms with Crippen molar-refractivity contribution in [3.05, 3.63) is 46.3 Å². The number of fused-ring (bicyclic) bond motifs is 1. The van der Waals surface area contributed by atoms with Gasteiger partial charge in [0.2, 0.25) is 0 Å². The predicted molar refractivity (Wildman–Crippen MR) is 92.3 cm³/mol. The fraction of sp³-hybridized carbons (Fsp3) is 0.412. The number of likely N-dealkylation sites (tertiary alicyclic amines) is 1. The second-order valence-corrected chi connectivity index (χ2v) is 7.34. The molecule has 0 bridgehead atoms. The van der Waals surface area contributed by atoms with Crippen molar-refractivity contribution in [1.29, 1.82) is 0 Å². The highest BCUT2D eigenvalue weighted by Crippen LogP contribution is 2.42. The van der Waals surface area contributed by atoms with Crippen LogP contribution in [-0.2, 0) is 7.05 Å². The minimum absolute atomic E-state index is 0.0591. The summed E-state index contributed by atoms with van der Waals surface area (Å²) in [5.41, 5.74) is 2.04. The van der Waals surface area contributed by atoms with Crippen molar-refractivity contribution in [2.24, 2.45) is 12.5 Å². The maximum absolute atomic E-state index is 13.1. The van der Waals surface area contributed by atoms with Crippen LogP contribution in [0.1, 0.15) is 35.7 Å². The molecule has 2 N–H and O–H groups in total. The Balaban J connectivity index is 1.68. The van der Waals surface area contributed by atoms with Crippen LogP contribution in [-0.4, -0.2) is 48.6 Å². The molecule has 0 spiro atoms. The van der Waals surface area contributed by atoms with Crippen molar-refractivity contribution < 1.29 is 4.79 Å². The third kappa shape index (κ3) is 2.54. The van der Waals surface area contributed by atoms with Crippen LogP contribution < -0.4 is 5.69 Å². The van der Waals surface area contributed by atoms with Crippen molar-refractivity contribution in [1.82, 2.24) is 29.6 Å². The molecule has 1 fully saturated rings. The number of rotatable bonds is 2. The van der Waals surface area contributed by atoms with Crippen molar-refractivity contribution in [2.75, 3.05) is 13.1 Å². The first-order chi connectivity index (χ1) is 11.8. The number of aryl methyl sites for hydroxylation is 1. The molecular weight excluding hydrogens is 320 g/mol. The fourth-order valence-corrected chi connectivity index (χ4v) is 3.75. The van der Waals surface area contributed by atoms with Crippen molar-refractivity contribution >= 4 is 17.1 Å². The van der Waals surface area contributed by atoms with Crippen LogP contribution in [0.5, 0.6) is 0 Å². The van der Waals surface area contributed by atoms with Gasteiger partial charge in [-0.05, 0) is 17.0 Å². The van der Waals surface area contributed by atoms with E-state index in [1.807, 2.05) is 24.3 Å². The molecule has 1 unspecified atom stereocenters. The molecule has 4 rings (SSSR count). The van der Waals surface area contributed by atoms with Crippen molar-refractivity contribution in [2.45, 2.75) is 19.8 Å². The van der Waals surface area contributed by atoms with Gasteiger partial charge in [-0.1, -0.05) is 13.8 Å². The number of nitrogens with one attached hydrogen (secondary N) is 2. The van der Waals surface area contributed by atoms with E-state index in [0.717, 1.165) is 5.56 Å². The molecule has 1 amide bonds. The van der Waals surface area contributed by atoms with Gasteiger partial charge in [-0.3, -0.25) is 14.5 Å². The highest BCUT2D eigenvalue weighted by molar-refractivity contribution is 6.04. The van der Waals surface area contributed by atoms with Gasteiger partial charge in [-0.25, -0.2) is 9.78 Å². The topological polar surface area (TPSA) is 99.7 Å². The van der Waals surface area contributed by atoms with Crippen LogP contribution in [0.2, 0.25) is 0 Å². The number of imidazole rings is 1. The average molecular weight is 340 g/mol. The molecule has 8 nitrogen and oxygen atoms in total. The van der Waals surface area contributed by atoms with Crippen molar-refractivity contribution in [3.63, 3.8) is 0 Å². The zero-order valence-corrected chi connectivity index (χ0v) is 14.4. The monoisotopic (exact) mass is 340 g/mol. The summed E-state index contributed by atoms with van der Waals surface area (Å²) < 4.78 is 1.78. The van der Waals surface area contributed by atoms with Crippen LogP contribution in [0.25, 0.3) is 11.2 Å². The number of nitrogens with zero attached hydrogens (tertiary/aromatic N) is 4. The van der Waals surface area contributed by atoms with Crippen LogP contribution in [0.3, 0.4) is 0 Å². The van der Waals surface area contributed by atoms with Crippen LogP contribution in [0.15, 0.2) is 29.5 Å². The Morgan fingerprint density at radius 3 is 2.88 bits per heavy atom. The lowest BCUT2D eigenvalue weighted by Crippen LogP contribution is -2.30. The van der Waals surface area contributed by atoms with Gasteiger partial charge in [0.05, 0.1) is 17.3 Å². The first-order valence-corrected chi connectivity index (χ1v) is 8.20. The van der Waals surface area contributed by atoms with Gasteiger partial charge in [-0.15, -0.1) is 0 Å². The van der Waals surface area contributed by atoms with E-state index in [9.17, 15) is 9.59 Å². The van der Waals surface area contributed by atoms with E-state index in [2.05, 4.69) is 33.9 Å². The SMILES string of the molecule is Cn1cc(C2CN(C(=O)c3ccnc4[nH]c(=O)[nH]c34)CC2(C)C)cn1. The normalized spacial score (nSPS) is 19.6. The number of H-pyrrole nitrogens is 2. The largest absolute Gasteiger partial charge is 0.337 e. The second kappa shape index (κ2) is 5.30. The summed E-state index contributed by atoms with van der Waals surface area (Å²) in [7, 11) is 1.89. The number of pyridine rings is 1. The minimum atomic E-state index is -0.363. The Labute approximate surface area is 143 Å². The lowest BCUT2D eigenvalue weighted by Gasteiger charge is -2.24. The lowest BCUT2D eigenvalue weighted by atomic mass is 9.79. The Morgan fingerprint density at radius 2 is 2.16 bits per heavy atom. The van der Waals surface area contributed by atoms with E-state index < -0.39 is 0 Å². The van der Waals surface area contributed by atoms with Gasteiger partial charge < -0.3 is 9.88 Å². The van der Waals surface area contributed by atoms with Crippen molar-refractivity contribution in [3.8, 4) is 0 Å². The Kier molecular flexibility index (Phi) is 3.31. The second-order valence-electron chi connectivity index (χ2n) is 7.34. The summed E-state index contributed by atoms with van der Waals surface area (Å²) in [6.07, 6.45) is 5.42. The Hall–Kier alpha value is -2.90. The fourth-order valence-electron chi connectivity index (χ4n) is 3.75. The number of aromatic amines is 2. The number of carbonyl (C=O) groups excluding carboxylic acids is 1. The van der Waals surface area contributed by atoms with Gasteiger partial charge in [0.25, 0.3) is 5.91 Å². The van der Waals surface area contributed by atoms with Gasteiger partial charge >= 0.3 is 5.69 Å². The van der Waals surface area contributed by atoms with E-state index in [1.54, 1.807) is 16.9 Å². The Morgan fingerprint density at radius 1 is 1.36 bits per heavy atom. The number of aromatic nitrogens is 5. The summed E-state index contributed by atoms with van der Waals surface area (Å²) in [6, 6.07) is 1.65. The molecule has 1 atom stereocenters. The molecule has 0 aliphatic carbocycles. The van der Waals surface area contributed by atoms with E-state index >= 15 is 0 Å². The van der Waals surface area contributed by atoms with Gasteiger partial charge in [-0.2, -0.15) is 5.10 Å². The summed E-state index contributed by atoms with van der Waals surface area (Å²) in [5, 5.41) is 4.26. The summed E-state index contributed by atoms with van der Waals surface area (Å²) >= 11 is 0. The first-order valence-electron chi connectivity index (χ1n) is 8.20.